The van der Waals surface area contributed by atoms with Gasteiger partial charge in [0.2, 0.25) is 11.7 Å². The second-order valence-corrected chi connectivity index (χ2v) is 4.85. The maximum absolute atomic E-state index is 12.0. The number of esters is 1. The molecule has 0 spiro atoms. The van der Waals surface area contributed by atoms with Crippen molar-refractivity contribution in [2.75, 3.05) is 11.9 Å². The zero-order valence-electron chi connectivity index (χ0n) is 12.7. The van der Waals surface area contributed by atoms with Gasteiger partial charge < -0.3 is 14.5 Å². The Labute approximate surface area is 133 Å². The van der Waals surface area contributed by atoms with E-state index in [-0.39, 0.29) is 24.1 Å². The maximum atomic E-state index is 12.0. The van der Waals surface area contributed by atoms with Crippen molar-refractivity contribution in [2.45, 2.75) is 19.8 Å². The van der Waals surface area contributed by atoms with Crippen LogP contribution >= 0.6 is 0 Å². The molecule has 2 aromatic rings. The molecule has 0 aliphatic carbocycles. The molecule has 6 nitrogen and oxygen atoms in total. The van der Waals surface area contributed by atoms with E-state index in [1.54, 1.807) is 30.3 Å². The third-order valence-electron chi connectivity index (χ3n) is 3.02. The van der Waals surface area contributed by atoms with Crippen LogP contribution in [0.2, 0.25) is 0 Å². The van der Waals surface area contributed by atoms with Crippen molar-refractivity contribution in [2.24, 2.45) is 0 Å². The number of hydrogen-bond donors (Lipinski definition) is 1. The topological polar surface area (TPSA) is 85.6 Å². The molecule has 0 fully saturated rings. The average molecular weight is 315 g/mol. The zero-order chi connectivity index (χ0) is 16.7. The van der Waals surface area contributed by atoms with Crippen molar-refractivity contribution in [3.8, 4) is 0 Å². The number of ketones is 1. The Bertz CT molecular complexity index is 674. The Morgan fingerprint density at radius 3 is 2.48 bits per heavy atom. The largest absolute Gasteiger partial charge is 0.457 e. The van der Waals surface area contributed by atoms with Gasteiger partial charge in [-0.05, 0) is 42.8 Å². The lowest BCUT2D eigenvalue weighted by Crippen LogP contribution is -2.14. The molecule has 1 N–H and O–H groups in total. The van der Waals surface area contributed by atoms with Gasteiger partial charge >= 0.3 is 5.97 Å². The summed E-state index contributed by atoms with van der Waals surface area (Å²) in [6.45, 7) is 1.55. The van der Waals surface area contributed by atoms with Crippen molar-refractivity contribution < 1.29 is 23.5 Å². The van der Waals surface area contributed by atoms with Crippen molar-refractivity contribution in [1.82, 2.24) is 0 Å². The minimum atomic E-state index is -0.688. The molecule has 1 aromatic carbocycles. The van der Waals surface area contributed by atoms with Gasteiger partial charge in [0, 0.05) is 17.7 Å². The second kappa shape index (κ2) is 7.93. The number of carbonyl (C=O) groups is 3. The summed E-state index contributed by atoms with van der Waals surface area (Å²) in [5.41, 5.74) is 1.01. The predicted molar refractivity (Wildman–Crippen MR) is 83.3 cm³/mol. The average Bonchev–Trinajstić information content (AvgIpc) is 3.07. The van der Waals surface area contributed by atoms with Crippen LogP contribution in [0, 0.1) is 0 Å². The lowest BCUT2D eigenvalue weighted by molar-refractivity contribution is -0.116. The molecule has 0 bridgehead atoms. The van der Waals surface area contributed by atoms with Crippen LogP contribution in [-0.2, 0) is 9.53 Å². The van der Waals surface area contributed by atoms with Gasteiger partial charge in [-0.15, -0.1) is 0 Å². The highest BCUT2D eigenvalue weighted by atomic mass is 16.5. The summed E-state index contributed by atoms with van der Waals surface area (Å²) in [6.07, 6.45) is 2.57. The lowest BCUT2D eigenvalue weighted by atomic mass is 10.1. The molecule has 6 heteroatoms. The minimum Gasteiger partial charge on any atom is -0.457 e. The Kier molecular flexibility index (Phi) is 5.68. The van der Waals surface area contributed by atoms with Crippen LogP contribution in [0.15, 0.2) is 47.1 Å². The Morgan fingerprint density at radius 2 is 1.87 bits per heavy atom. The first-order chi connectivity index (χ1) is 11.1. The number of Topliss-reactive ketones (excluding diaryl/α,β-unsaturated/α-hetero) is 1. The monoisotopic (exact) mass is 315 g/mol. The van der Waals surface area contributed by atoms with Gasteiger partial charge in [-0.3, -0.25) is 9.59 Å². The molecular formula is C17H17NO5. The van der Waals surface area contributed by atoms with E-state index in [1.807, 2.05) is 6.92 Å². The van der Waals surface area contributed by atoms with Crippen LogP contribution in [0.25, 0.3) is 0 Å². The molecule has 1 aromatic heterocycles. The summed E-state index contributed by atoms with van der Waals surface area (Å²) in [5.74, 6) is -1.05. The fraction of sp³-hybridized carbons (Fsp3) is 0.235. The number of rotatable bonds is 7. The Hall–Kier alpha value is -2.89. The van der Waals surface area contributed by atoms with Gasteiger partial charge in [0.05, 0.1) is 6.26 Å². The molecule has 2 rings (SSSR count). The van der Waals surface area contributed by atoms with E-state index in [9.17, 15) is 14.4 Å². The zero-order valence-corrected chi connectivity index (χ0v) is 12.7. The number of amides is 1. The van der Waals surface area contributed by atoms with Gasteiger partial charge in [-0.25, -0.2) is 4.79 Å². The number of carbonyl (C=O) groups excluding carboxylic acids is 3. The highest BCUT2D eigenvalue weighted by molar-refractivity contribution is 5.99. The van der Waals surface area contributed by atoms with E-state index in [4.69, 9.17) is 9.15 Å². The molecule has 0 unspecified atom stereocenters. The van der Waals surface area contributed by atoms with E-state index < -0.39 is 5.97 Å². The van der Waals surface area contributed by atoms with E-state index >= 15 is 0 Å². The molecule has 0 atom stereocenters. The molecule has 0 aliphatic rings. The number of hydrogen-bond acceptors (Lipinski definition) is 5. The van der Waals surface area contributed by atoms with E-state index in [1.165, 1.54) is 12.3 Å². The number of nitrogens with one attached hydrogen (secondary N) is 1. The molecule has 23 heavy (non-hydrogen) atoms. The number of furan rings is 1. The molecule has 0 aliphatic heterocycles. The van der Waals surface area contributed by atoms with Gasteiger partial charge in [-0.2, -0.15) is 0 Å². The Morgan fingerprint density at radius 1 is 1.13 bits per heavy atom. The quantitative estimate of drug-likeness (QED) is 0.627. The fourth-order valence-electron chi connectivity index (χ4n) is 1.87. The van der Waals surface area contributed by atoms with Crippen LogP contribution in [0.1, 0.15) is 40.7 Å². The normalized spacial score (nSPS) is 10.1. The van der Waals surface area contributed by atoms with Crippen molar-refractivity contribution in [1.29, 1.82) is 0 Å². The highest BCUT2D eigenvalue weighted by Crippen LogP contribution is 2.11. The minimum absolute atomic E-state index is 0.0479. The molecule has 1 heterocycles. The van der Waals surface area contributed by atoms with Crippen LogP contribution in [0.4, 0.5) is 5.69 Å². The molecule has 0 saturated carbocycles. The molecular weight excluding hydrogens is 298 g/mol. The van der Waals surface area contributed by atoms with Gasteiger partial charge in [0.15, 0.2) is 12.4 Å². The number of benzene rings is 1. The summed E-state index contributed by atoms with van der Waals surface area (Å²) in [4.78, 5) is 35.0. The summed E-state index contributed by atoms with van der Waals surface area (Å²) in [7, 11) is 0. The molecule has 120 valence electrons. The smallest absolute Gasteiger partial charge is 0.374 e. The van der Waals surface area contributed by atoms with E-state index in [0.29, 0.717) is 17.7 Å². The van der Waals surface area contributed by atoms with Gasteiger partial charge in [0.1, 0.15) is 0 Å². The third kappa shape index (κ3) is 4.81. The number of anilines is 1. The summed E-state index contributed by atoms with van der Waals surface area (Å²) in [5, 5.41) is 2.73. The van der Waals surface area contributed by atoms with Crippen LogP contribution in [0.3, 0.4) is 0 Å². The maximum Gasteiger partial charge on any atom is 0.374 e. The fourth-order valence-corrected chi connectivity index (χ4v) is 1.87. The predicted octanol–water partition coefficient (Wildman–Crippen LogP) is 3.06. The van der Waals surface area contributed by atoms with Crippen molar-refractivity contribution >= 4 is 23.3 Å². The summed E-state index contributed by atoms with van der Waals surface area (Å²) in [6, 6.07) is 9.43. The number of ether oxygens (including phenoxy) is 1. The third-order valence-corrected chi connectivity index (χ3v) is 3.02. The van der Waals surface area contributed by atoms with E-state index in [0.717, 1.165) is 6.42 Å². The first-order valence-electron chi connectivity index (χ1n) is 7.24. The van der Waals surface area contributed by atoms with Gasteiger partial charge in [0.25, 0.3) is 0 Å². The highest BCUT2D eigenvalue weighted by Gasteiger charge is 2.13. The van der Waals surface area contributed by atoms with E-state index in [2.05, 4.69) is 5.32 Å². The van der Waals surface area contributed by atoms with Crippen LogP contribution in [-0.4, -0.2) is 24.3 Å². The SMILES string of the molecule is CCCC(=O)Nc1ccc(C(=O)COC(=O)c2ccco2)cc1. The Balaban J connectivity index is 1.87. The standard InChI is InChI=1S/C17H17NO5/c1-2-4-16(20)18-13-8-6-12(7-9-13)14(19)11-23-17(21)15-5-3-10-22-15/h3,5-10H,2,4,11H2,1H3,(H,18,20). The van der Waals surface area contributed by atoms with Gasteiger partial charge in [-0.1, -0.05) is 6.92 Å². The van der Waals surface area contributed by atoms with Crippen LogP contribution < -0.4 is 5.32 Å². The first-order valence-corrected chi connectivity index (χ1v) is 7.24. The molecule has 1 amide bonds. The molecule has 0 radical (unpaired) electrons. The first kappa shape index (κ1) is 16.5. The summed E-state index contributed by atoms with van der Waals surface area (Å²) >= 11 is 0. The molecule has 0 saturated heterocycles. The summed E-state index contributed by atoms with van der Waals surface area (Å²) < 4.78 is 9.76. The van der Waals surface area contributed by atoms with Crippen molar-refractivity contribution in [3.63, 3.8) is 0 Å². The lowest BCUT2D eigenvalue weighted by Gasteiger charge is -2.06. The second-order valence-electron chi connectivity index (χ2n) is 4.85. The van der Waals surface area contributed by atoms with Crippen molar-refractivity contribution in [3.05, 3.63) is 54.0 Å². The van der Waals surface area contributed by atoms with Crippen LogP contribution in [0.5, 0.6) is 0 Å².